The monoisotopic (exact) mass is 325 g/mol. The SMILES string of the molecule is CC(C)(C)OC(=O)NCCC(O)C(O)c1ccc(C=O)c(O)c1. The van der Waals surface area contributed by atoms with Gasteiger partial charge in [-0.15, -0.1) is 0 Å². The topological polar surface area (TPSA) is 116 Å². The molecular weight excluding hydrogens is 302 g/mol. The molecule has 0 heterocycles. The summed E-state index contributed by atoms with van der Waals surface area (Å²) in [5.41, 5.74) is -0.236. The third-order valence-electron chi connectivity index (χ3n) is 3.00. The van der Waals surface area contributed by atoms with Crippen LogP contribution in [0.15, 0.2) is 18.2 Å². The maximum atomic E-state index is 11.5. The number of aliphatic hydroxyl groups is 2. The second-order valence-corrected chi connectivity index (χ2v) is 6.17. The van der Waals surface area contributed by atoms with Crippen molar-refractivity contribution in [3.05, 3.63) is 29.3 Å². The molecule has 0 aliphatic carbocycles. The van der Waals surface area contributed by atoms with E-state index in [0.29, 0.717) is 6.29 Å². The van der Waals surface area contributed by atoms with Crippen LogP contribution < -0.4 is 5.32 Å². The lowest BCUT2D eigenvalue weighted by molar-refractivity contribution is 0.0122. The minimum atomic E-state index is -1.25. The molecule has 2 atom stereocenters. The highest BCUT2D eigenvalue weighted by Crippen LogP contribution is 2.24. The lowest BCUT2D eigenvalue weighted by Crippen LogP contribution is -2.34. The Morgan fingerprint density at radius 2 is 2.00 bits per heavy atom. The molecule has 0 aliphatic heterocycles. The summed E-state index contributed by atoms with van der Waals surface area (Å²) < 4.78 is 5.05. The third-order valence-corrected chi connectivity index (χ3v) is 3.00. The Hall–Kier alpha value is -2.12. The third kappa shape index (κ3) is 6.25. The highest BCUT2D eigenvalue weighted by molar-refractivity contribution is 5.79. The normalized spacial score (nSPS) is 14.0. The Bertz CT molecular complexity index is 552. The summed E-state index contributed by atoms with van der Waals surface area (Å²) in [4.78, 5) is 22.1. The number of benzene rings is 1. The van der Waals surface area contributed by atoms with Crippen LogP contribution in [0.1, 0.15) is 49.2 Å². The molecule has 23 heavy (non-hydrogen) atoms. The van der Waals surface area contributed by atoms with E-state index in [1.54, 1.807) is 20.8 Å². The van der Waals surface area contributed by atoms with Crippen molar-refractivity contribution in [3.8, 4) is 5.75 Å². The average molecular weight is 325 g/mol. The molecule has 4 N–H and O–H groups in total. The van der Waals surface area contributed by atoms with E-state index in [-0.39, 0.29) is 29.8 Å². The first kappa shape index (κ1) is 18.9. The number of aliphatic hydroxyl groups excluding tert-OH is 2. The number of aldehydes is 1. The zero-order chi connectivity index (χ0) is 17.6. The molecule has 0 aliphatic rings. The first-order valence-electron chi connectivity index (χ1n) is 7.25. The number of hydrogen-bond donors (Lipinski definition) is 4. The number of hydrogen-bond acceptors (Lipinski definition) is 6. The molecule has 1 aromatic carbocycles. The van der Waals surface area contributed by atoms with E-state index in [4.69, 9.17) is 4.74 Å². The Labute approximate surface area is 134 Å². The molecule has 2 unspecified atom stereocenters. The van der Waals surface area contributed by atoms with E-state index in [1.807, 2.05) is 0 Å². The van der Waals surface area contributed by atoms with Crippen molar-refractivity contribution >= 4 is 12.4 Å². The van der Waals surface area contributed by atoms with Gasteiger partial charge in [-0.3, -0.25) is 4.79 Å². The zero-order valence-corrected chi connectivity index (χ0v) is 13.4. The highest BCUT2D eigenvalue weighted by atomic mass is 16.6. The van der Waals surface area contributed by atoms with Crippen molar-refractivity contribution in [2.24, 2.45) is 0 Å². The Balaban J connectivity index is 2.51. The van der Waals surface area contributed by atoms with Gasteiger partial charge in [0.05, 0.1) is 11.7 Å². The minimum Gasteiger partial charge on any atom is -0.507 e. The Morgan fingerprint density at radius 1 is 1.35 bits per heavy atom. The molecule has 0 radical (unpaired) electrons. The van der Waals surface area contributed by atoms with Gasteiger partial charge in [-0.2, -0.15) is 0 Å². The lowest BCUT2D eigenvalue weighted by Gasteiger charge is -2.21. The van der Waals surface area contributed by atoms with Gasteiger partial charge in [0.1, 0.15) is 17.5 Å². The fourth-order valence-electron chi connectivity index (χ4n) is 1.86. The van der Waals surface area contributed by atoms with Crippen molar-refractivity contribution in [2.75, 3.05) is 6.54 Å². The van der Waals surface area contributed by atoms with Gasteiger partial charge < -0.3 is 25.4 Å². The van der Waals surface area contributed by atoms with E-state index in [9.17, 15) is 24.9 Å². The van der Waals surface area contributed by atoms with Crippen molar-refractivity contribution in [1.29, 1.82) is 0 Å². The smallest absolute Gasteiger partial charge is 0.407 e. The van der Waals surface area contributed by atoms with Gasteiger partial charge >= 0.3 is 6.09 Å². The first-order valence-corrected chi connectivity index (χ1v) is 7.25. The Kier molecular flexibility index (Phi) is 6.53. The molecule has 0 fully saturated rings. The second-order valence-electron chi connectivity index (χ2n) is 6.17. The number of phenolic OH excluding ortho intramolecular Hbond substituents is 1. The van der Waals surface area contributed by atoms with Crippen LogP contribution >= 0.6 is 0 Å². The number of rotatable bonds is 6. The number of phenols is 1. The highest BCUT2D eigenvalue weighted by Gasteiger charge is 2.20. The molecule has 128 valence electrons. The van der Waals surface area contributed by atoms with Crippen LogP contribution in [0.5, 0.6) is 5.75 Å². The number of amides is 1. The molecule has 0 saturated carbocycles. The van der Waals surface area contributed by atoms with Crippen LogP contribution in [-0.4, -0.2) is 45.9 Å². The number of alkyl carbamates (subject to hydrolysis) is 1. The number of nitrogens with one attached hydrogen (secondary N) is 1. The summed E-state index contributed by atoms with van der Waals surface area (Å²) >= 11 is 0. The molecule has 0 aromatic heterocycles. The lowest BCUT2D eigenvalue weighted by atomic mass is 10.0. The van der Waals surface area contributed by atoms with Gasteiger partial charge in [0.25, 0.3) is 0 Å². The van der Waals surface area contributed by atoms with Gasteiger partial charge in [-0.25, -0.2) is 4.79 Å². The maximum Gasteiger partial charge on any atom is 0.407 e. The van der Waals surface area contributed by atoms with E-state index in [0.717, 1.165) is 0 Å². The predicted octanol–water partition coefficient (Wildman–Crippen LogP) is 1.51. The zero-order valence-electron chi connectivity index (χ0n) is 13.4. The van der Waals surface area contributed by atoms with E-state index in [2.05, 4.69) is 5.32 Å². The summed E-state index contributed by atoms with van der Waals surface area (Å²) in [6.45, 7) is 5.33. The molecule has 0 spiro atoms. The van der Waals surface area contributed by atoms with Crippen molar-refractivity contribution in [1.82, 2.24) is 5.32 Å². The molecule has 1 amide bonds. The molecule has 0 bridgehead atoms. The predicted molar refractivity (Wildman–Crippen MR) is 83.3 cm³/mol. The van der Waals surface area contributed by atoms with E-state index in [1.165, 1.54) is 18.2 Å². The number of ether oxygens (including phenoxy) is 1. The number of aromatic hydroxyl groups is 1. The summed E-state index contributed by atoms with van der Waals surface area (Å²) in [6.07, 6.45) is -2.41. The quantitative estimate of drug-likeness (QED) is 0.589. The Morgan fingerprint density at radius 3 is 2.52 bits per heavy atom. The second kappa shape index (κ2) is 7.94. The van der Waals surface area contributed by atoms with Crippen molar-refractivity contribution < 1.29 is 29.6 Å². The van der Waals surface area contributed by atoms with E-state index >= 15 is 0 Å². The number of carbonyl (C=O) groups is 2. The summed E-state index contributed by atoms with van der Waals surface area (Å²) in [6, 6.07) is 4.02. The molecule has 7 heteroatoms. The first-order chi connectivity index (χ1) is 10.6. The fraction of sp³-hybridized carbons (Fsp3) is 0.500. The van der Waals surface area contributed by atoms with Crippen molar-refractivity contribution in [2.45, 2.75) is 45.0 Å². The molecule has 1 rings (SSSR count). The standard InChI is InChI=1S/C16H23NO6/c1-16(2,3)23-15(22)17-7-6-12(19)14(21)10-4-5-11(9-18)13(20)8-10/h4-5,8-9,12,14,19-21H,6-7H2,1-3H3,(H,17,22). The summed E-state index contributed by atoms with van der Waals surface area (Å²) in [5.74, 6) is -0.268. The van der Waals surface area contributed by atoms with Crippen LogP contribution in [0.2, 0.25) is 0 Å². The van der Waals surface area contributed by atoms with Gasteiger partial charge in [0, 0.05) is 6.54 Å². The average Bonchev–Trinajstić information content (AvgIpc) is 2.44. The molecular formula is C16H23NO6. The van der Waals surface area contributed by atoms with Crippen molar-refractivity contribution in [3.63, 3.8) is 0 Å². The molecule has 7 nitrogen and oxygen atoms in total. The van der Waals surface area contributed by atoms with Crippen LogP contribution in [0, 0.1) is 0 Å². The maximum absolute atomic E-state index is 11.5. The van der Waals surface area contributed by atoms with Crippen LogP contribution in [0.25, 0.3) is 0 Å². The van der Waals surface area contributed by atoms with Gasteiger partial charge in [0.15, 0.2) is 6.29 Å². The molecule has 0 saturated heterocycles. The summed E-state index contributed by atoms with van der Waals surface area (Å²) in [5, 5.41) is 32.0. The van der Waals surface area contributed by atoms with Gasteiger partial charge in [-0.05, 0) is 44.9 Å². The van der Waals surface area contributed by atoms with Gasteiger partial charge in [0.2, 0.25) is 0 Å². The fourth-order valence-corrected chi connectivity index (χ4v) is 1.86. The minimum absolute atomic E-state index is 0.0939. The largest absolute Gasteiger partial charge is 0.507 e. The molecule has 1 aromatic rings. The van der Waals surface area contributed by atoms with E-state index < -0.39 is 23.9 Å². The summed E-state index contributed by atoms with van der Waals surface area (Å²) in [7, 11) is 0. The van der Waals surface area contributed by atoms with Gasteiger partial charge in [-0.1, -0.05) is 6.07 Å². The number of carbonyl (C=O) groups excluding carboxylic acids is 2. The van der Waals surface area contributed by atoms with Crippen LogP contribution in [0.3, 0.4) is 0 Å². The van der Waals surface area contributed by atoms with Crippen LogP contribution in [0.4, 0.5) is 4.79 Å². The van der Waals surface area contributed by atoms with Crippen LogP contribution in [-0.2, 0) is 4.74 Å².